The Kier molecular flexibility index (Phi) is 3.01. The summed E-state index contributed by atoms with van der Waals surface area (Å²) >= 11 is 0. The number of hydrogen-bond donors (Lipinski definition) is 1. The lowest BCUT2D eigenvalue weighted by Crippen LogP contribution is -2.49. The zero-order valence-electron chi connectivity index (χ0n) is 9.50. The van der Waals surface area contributed by atoms with Crippen molar-refractivity contribution in [2.75, 3.05) is 0 Å². The fourth-order valence-electron chi connectivity index (χ4n) is 2.31. The lowest BCUT2D eigenvalue weighted by Gasteiger charge is -2.28. The van der Waals surface area contributed by atoms with E-state index in [9.17, 15) is 4.79 Å². The minimum Gasteiger partial charge on any atom is -0.461 e. The van der Waals surface area contributed by atoms with Gasteiger partial charge in [0.2, 0.25) is 0 Å². The Bertz CT molecular complexity index is 240. The van der Waals surface area contributed by atoms with Crippen molar-refractivity contribution in [2.45, 2.75) is 63.5 Å². The van der Waals surface area contributed by atoms with E-state index in [1.165, 1.54) is 19.3 Å². The van der Waals surface area contributed by atoms with Gasteiger partial charge in [0, 0.05) is 0 Å². The van der Waals surface area contributed by atoms with Crippen LogP contribution >= 0.6 is 0 Å². The number of carbonyl (C=O) groups is 1. The van der Waals surface area contributed by atoms with E-state index in [4.69, 9.17) is 10.5 Å². The summed E-state index contributed by atoms with van der Waals surface area (Å²) in [6.45, 7) is 1.82. The summed E-state index contributed by atoms with van der Waals surface area (Å²) in [6.07, 6.45) is 7.97. The zero-order chi connectivity index (χ0) is 10.9. The quantitative estimate of drug-likeness (QED) is 0.726. The molecule has 2 saturated carbocycles. The summed E-state index contributed by atoms with van der Waals surface area (Å²) in [5.41, 5.74) is 5.27. The highest BCUT2D eigenvalue weighted by Gasteiger charge is 2.45. The predicted octanol–water partition coefficient (Wildman–Crippen LogP) is 1.99. The van der Waals surface area contributed by atoms with Gasteiger partial charge < -0.3 is 10.5 Å². The lowest BCUT2D eigenvalue weighted by molar-refractivity contribution is -0.157. The van der Waals surface area contributed by atoms with Crippen LogP contribution in [0.2, 0.25) is 0 Å². The Morgan fingerprint density at radius 3 is 2.33 bits per heavy atom. The standard InChI is InChI=1S/C12H21NO2/c1-12(13,9-7-8-9)11(14)15-10-5-3-2-4-6-10/h9-10H,2-8,13H2,1H3. The molecular weight excluding hydrogens is 190 g/mol. The van der Waals surface area contributed by atoms with Crippen LogP contribution in [-0.4, -0.2) is 17.6 Å². The SMILES string of the molecule is CC(N)(C(=O)OC1CCCCC1)C1CC1. The van der Waals surface area contributed by atoms with Crippen molar-refractivity contribution in [1.82, 2.24) is 0 Å². The Labute approximate surface area is 91.4 Å². The van der Waals surface area contributed by atoms with Crippen LogP contribution in [0.15, 0.2) is 0 Å². The van der Waals surface area contributed by atoms with Gasteiger partial charge in [0.1, 0.15) is 11.6 Å². The highest BCUT2D eigenvalue weighted by Crippen LogP contribution is 2.39. The van der Waals surface area contributed by atoms with E-state index in [1.807, 2.05) is 6.92 Å². The molecule has 2 fully saturated rings. The third kappa shape index (κ3) is 2.51. The Morgan fingerprint density at radius 2 is 1.80 bits per heavy atom. The molecule has 0 spiro atoms. The molecule has 0 aromatic rings. The second-order valence-corrected chi connectivity index (χ2v) is 5.22. The van der Waals surface area contributed by atoms with E-state index in [1.54, 1.807) is 0 Å². The average molecular weight is 211 g/mol. The number of esters is 1. The van der Waals surface area contributed by atoms with Crippen molar-refractivity contribution >= 4 is 5.97 Å². The third-order valence-corrected chi connectivity index (χ3v) is 3.69. The van der Waals surface area contributed by atoms with Crippen LogP contribution in [0, 0.1) is 5.92 Å². The van der Waals surface area contributed by atoms with Crippen LogP contribution in [0.25, 0.3) is 0 Å². The molecule has 0 aromatic heterocycles. The number of carbonyl (C=O) groups excluding carboxylic acids is 1. The van der Waals surface area contributed by atoms with Crippen molar-refractivity contribution in [3.05, 3.63) is 0 Å². The van der Waals surface area contributed by atoms with Crippen molar-refractivity contribution in [2.24, 2.45) is 11.7 Å². The maximum Gasteiger partial charge on any atom is 0.326 e. The molecule has 15 heavy (non-hydrogen) atoms. The van der Waals surface area contributed by atoms with Crippen LogP contribution in [0.5, 0.6) is 0 Å². The Morgan fingerprint density at radius 1 is 1.20 bits per heavy atom. The van der Waals surface area contributed by atoms with Crippen molar-refractivity contribution in [3.63, 3.8) is 0 Å². The molecule has 3 heteroatoms. The first-order chi connectivity index (χ1) is 7.10. The van der Waals surface area contributed by atoms with Gasteiger partial charge in [-0.15, -0.1) is 0 Å². The van der Waals surface area contributed by atoms with Gasteiger partial charge in [-0.25, -0.2) is 0 Å². The second kappa shape index (κ2) is 4.12. The van der Waals surface area contributed by atoms with E-state index in [0.29, 0.717) is 5.92 Å². The molecule has 2 rings (SSSR count). The largest absolute Gasteiger partial charge is 0.461 e. The van der Waals surface area contributed by atoms with Crippen molar-refractivity contribution in [1.29, 1.82) is 0 Å². The average Bonchev–Trinajstić information content (AvgIpc) is 3.02. The monoisotopic (exact) mass is 211 g/mol. The molecule has 1 atom stereocenters. The molecule has 86 valence electrons. The fourth-order valence-corrected chi connectivity index (χ4v) is 2.31. The van der Waals surface area contributed by atoms with Gasteiger partial charge in [0.25, 0.3) is 0 Å². The molecule has 0 bridgehead atoms. The first-order valence-electron chi connectivity index (χ1n) is 6.10. The lowest BCUT2D eigenvalue weighted by atomic mass is 9.95. The third-order valence-electron chi connectivity index (χ3n) is 3.69. The maximum atomic E-state index is 11.9. The Hall–Kier alpha value is -0.570. The maximum absolute atomic E-state index is 11.9. The molecule has 1 unspecified atom stereocenters. The summed E-state index contributed by atoms with van der Waals surface area (Å²) in [6, 6.07) is 0. The zero-order valence-corrected chi connectivity index (χ0v) is 9.50. The summed E-state index contributed by atoms with van der Waals surface area (Å²) in [7, 11) is 0. The minimum atomic E-state index is -0.739. The normalized spacial score (nSPS) is 27.1. The smallest absolute Gasteiger partial charge is 0.326 e. The van der Waals surface area contributed by atoms with Gasteiger partial charge in [-0.05, 0) is 51.4 Å². The summed E-state index contributed by atoms with van der Waals surface area (Å²) in [5, 5.41) is 0. The summed E-state index contributed by atoms with van der Waals surface area (Å²) in [4.78, 5) is 11.9. The second-order valence-electron chi connectivity index (χ2n) is 5.22. The molecule has 0 aromatic carbocycles. The molecule has 0 saturated heterocycles. The molecule has 0 heterocycles. The van der Waals surface area contributed by atoms with E-state index in [2.05, 4.69) is 0 Å². The van der Waals surface area contributed by atoms with E-state index >= 15 is 0 Å². The molecule has 2 aliphatic rings. The van der Waals surface area contributed by atoms with Gasteiger partial charge >= 0.3 is 5.97 Å². The molecule has 0 radical (unpaired) electrons. The number of nitrogens with two attached hydrogens (primary N) is 1. The van der Waals surface area contributed by atoms with Gasteiger partial charge in [0.15, 0.2) is 0 Å². The van der Waals surface area contributed by atoms with Gasteiger partial charge in [-0.3, -0.25) is 4.79 Å². The van der Waals surface area contributed by atoms with Crippen LogP contribution in [-0.2, 0) is 9.53 Å². The topological polar surface area (TPSA) is 52.3 Å². The molecule has 3 nitrogen and oxygen atoms in total. The number of rotatable bonds is 3. The van der Waals surface area contributed by atoms with Gasteiger partial charge in [-0.2, -0.15) is 0 Å². The van der Waals surface area contributed by atoms with Gasteiger partial charge in [-0.1, -0.05) is 6.42 Å². The van der Waals surface area contributed by atoms with Crippen molar-refractivity contribution < 1.29 is 9.53 Å². The van der Waals surface area contributed by atoms with E-state index in [0.717, 1.165) is 25.7 Å². The van der Waals surface area contributed by atoms with E-state index < -0.39 is 5.54 Å². The van der Waals surface area contributed by atoms with Gasteiger partial charge in [0.05, 0.1) is 0 Å². The molecule has 2 aliphatic carbocycles. The molecule has 2 N–H and O–H groups in total. The van der Waals surface area contributed by atoms with Crippen LogP contribution < -0.4 is 5.73 Å². The Balaban J connectivity index is 1.84. The van der Waals surface area contributed by atoms with E-state index in [-0.39, 0.29) is 12.1 Å². The fraction of sp³-hybridized carbons (Fsp3) is 0.917. The van der Waals surface area contributed by atoms with Crippen LogP contribution in [0.3, 0.4) is 0 Å². The predicted molar refractivity (Wildman–Crippen MR) is 58.3 cm³/mol. The van der Waals surface area contributed by atoms with Crippen LogP contribution in [0.1, 0.15) is 51.9 Å². The summed E-state index contributed by atoms with van der Waals surface area (Å²) < 4.78 is 5.49. The van der Waals surface area contributed by atoms with Crippen LogP contribution in [0.4, 0.5) is 0 Å². The van der Waals surface area contributed by atoms with Crippen molar-refractivity contribution in [3.8, 4) is 0 Å². The molecule has 0 aliphatic heterocycles. The minimum absolute atomic E-state index is 0.132. The number of ether oxygens (including phenoxy) is 1. The summed E-state index contributed by atoms with van der Waals surface area (Å²) in [5.74, 6) is 0.172. The molecular formula is C12H21NO2. The highest BCUT2D eigenvalue weighted by molar-refractivity contribution is 5.81. The first kappa shape index (κ1) is 10.9. The first-order valence-corrected chi connectivity index (χ1v) is 6.10. The number of hydrogen-bond acceptors (Lipinski definition) is 3. The highest BCUT2D eigenvalue weighted by atomic mass is 16.5. The molecule has 0 amide bonds.